The van der Waals surface area contributed by atoms with E-state index in [-0.39, 0.29) is 5.82 Å². The number of rotatable bonds is 3. The highest BCUT2D eigenvalue weighted by atomic mass is 16.6. The maximum absolute atomic E-state index is 10.5. The molecular formula is C8H11N3O2. The second kappa shape index (κ2) is 2.83. The number of aromatic nitrogens is 2. The Morgan fingerprint density at radius 1 is 1.77 bits per heavy atom. The summed E-state index contributed by atoms with van der Waals surface area (Å²) in [4.78, 5) is 10.0. The lowest BCUT2D eigenvalue weighted by atomic mass is 10.3. The van der Waals surface area contributed by atoms with Crippen LogP contribution in [0.4, 0.5) is 5.82 Å². The van der Waals surface area contributed by atoms with Crippen LogP contribution in [-0.4, -0.2) is 14.7 Å². The Morgan fingerprint density at radius 3 is 2.92 bits per heavy atom. The minimum atomic E-state index is -0.433. The molecule has 0 unspecified atom stereocenters. The van der Waals surface area contributed by atoms with Crippen molar-refractivity contribution < 1.29 is 4.92 Å². The molecule has 70 valence electrons. The summed E-state index contributed by atoms with van der Waals surface area (Å²) < 4.78 is 1.73. The zero-order chi connectivity index (χ0) is 9.42. The Balaban J connectivity index is 2.36. The summed E-state index contributed by atoms with van der Waals surface area (Å²) in [6.45, 7) is 2.66. The van der Waals surface area contributed by atoms with Gasteiger partial charge in [-0.3, -0.25) is 0 Å². The summed E-state index contributed by atoms with van der Waals surface area (Å²) in [5.41, 5.74) is 1.02. The molecular weight excluding hydrogens is 170 g/mol. The van der Waals surface area contributed by atoms with E-state index < -0.39 is 4.92 Å². The van der Waals surface area contributed by atoms with Gasteiger partial charge >= 0.3 is 5.82 Å². The van der Waals surface area contributed by atoms with Crippen molar-refractivity contribution in [2.45, 2.75) is 32.2 Å². The lowest BCUT2D eigenvalue weighted by Gasteiger charge is -1.94. The molecule has 0 radical (unpaired) electrons. The van der Waals surface area contributed by atoms with Gasteiger partial charge < -0.3 is 10.1 Å². The van der Waals surface area contributed by atoms with Gasteiger partial charge in [-0.15, -0.1) is 0 Å². The molecule has 1 aliphatic rings. The lowest BCUT2D eigenvalue weighted by molar-refractivity contribution is -0.389. The van der Waals surface area contributed by atoms with Crippen LogP contribution in [0.1, 0.15) is 31.4 Å². The average Bonchev–Trinajstić information content (AvgIpc) is 2.84. The standard InChI is InChI=1S/C8H11N3O2/c1-2-10-7(6-3-4-6)5-8(9-10)11(12)13/h5-6H,2-4H2,1H3. The molecule has 1 heterocycles. The molecule has 0 bridgehead atoms. The van der Waals surface area contributed by atoms with Crippen molar-refractivity contribution in [1.29, 1.82) is 0 Å². The Bertz CT molecular complexity index is 341. The number of aryl methyl sites for hydroxylation is 1. The molecule has 0 spiro atoms. The Morgan fingerprint density at radius 2 is 2.46 bits per heavy atom. The van der Waals surface area contributed by atoms with Crippen LogP contribution < -0.4 is 0 Å². The highest BCUT2D eigenvalue weighted by Gasteiger charge is 2.31. The van der Waals surface area contributed by atoms with Crippen molar-refractivity contribution in [2.75, 3.05) is 0 Å². The van der Waals surface area contributed by atoms with Crippen LogP contribution in [0.15, 0.2) is 6.07 Å². The smallest absolute Gasteiger partial charge is 0.358 e. The van der Waals surface area contributed by atoms with Crippen LogP contribution in [-0.2, 0) is 6.54 Å². The zero-order valence-corrected chi connectivity index (χ0v) is 7.43. The maximum Gasteiger partial charge on any atom is 0.390 e. The summed E-state index contributed by atoms with van der Waals surface area (Å²) in [5.74, 6) is 0.491. The van der Waals surface area contributed by atoms with Gasteiger partial charge in [-0.05, 0) is 24.7 Å². The van der Waals surface area contributed by atoms with Crippen molar-refractivity contribution in [1.82, 2.24) is 9.78 Å². The molecule has 1 saturated carbocycles. The topological polar surface area (TPSA) is 61.0 Å². The zero-order valence-electron chi connectivity index (χ0n) is 7.43. The molecule has 5 heteroatoms. The van der Waals surface area contributed by atoms with Crippen LogP contribution in [0.5, 0.6) is 0 Å². The fraction of sp³-hybridized carbons (Fsp3) is 0.625. The predicted molar refractivity (Wildman–Crippen MR) is 46.5 cm³/mol. The SMILES string of the molecule is CCn1nc([N+](=O)[O-])cc1C1CC1. The van der Waals surface area contributed by atoms with Crippen LogP contribution >= 0.6 is 0 Å². The average molecular weight is 181 g/mol. The van der Waals surface area contributed by atoms with Gasteiger partial charge in [-0.1, -0.05) is 0 Å². The first-order valence-electron chi connectivity index (χ1n) is 4.44. The number of nitro groups is 1. The van der Waals surface area contributed by atoms with E-state index in [4.69, 9.17) is 0 Å². The predicted octanol–water partition coefficient (Wildman–Crippen LogP) is 1.69. The van der Waals surface area contributed by atoms with E-state index in [0.717, 1.165) is 18.5 Å². The molecule has 1 aromatic rings. The molecule has 0 amide bonds. The van der Waals surface area contributed by atoms with E-state index in [2.05, 4.69) is 5.10 Å². The third-order valence-corrected chi connectivity index (χ3v) is 2.28. The molecule has 0 aromatic carbocycles. The van der Waals surface area contributed by atoms with Crippen molar-refractivity contribution in [2.24, 2.45) is 0 Å². The molecule has 0 aliphatic heterocycles. The van der Waals surface area contributed by atoms with Gasteiger partial charge in [0.1, 0.15) is 0 Å². The highest BCUT2D eigenvalue weighted by molar-refractivity contribution is 5.27. The summed E-state index contributed by atoms with van der Waals surface area (Å²) >= 11 is 0. The van der Waals surface area contributed by atoms with Gasteiger partial charge in [0.25, 0.3) is 0 Å². The van der Waals surface area contributed by atoms with Crippen molar-refractivity contribution >= 4 is 5.82 Å². The molecule has 0 atom stereocenters. The van der Waals surface area contributed by atoms with Crippen LogP contribution in [0.3, 0.4) is 0 Å². The first-order chi connectivity index (χ1) is 6.22. The van der Waals surface area contributed by atoms with Crippen LogP contribution in [0.25, 0.3) is 0 Å². The summed E-state index contributed by atoms with van der Waals surface area (Å²) in [5, 5.41) is 14.4. The quantitative estimate of drug-likeness (QED) is 0.526. The largest absolute Gasteiger partial charge is 0.390 e. The number of nitrogens with zero attached hydrogens (tertiary/aromatic N) is 3. The van der Waals surface area contributed by atoms with Crippen molar-refractivity contribution in [3.8, 4) is 0 Å². The number of hydrogen-bond acceptors (Lipinski definition) is 3. The summed E-state index contributed by atoms with van der Waals surface area (Å²) in [7, 11) is 0. The van der Waals surface area contributed by atoms with Gasteiger partial charge in [0.2, 0.25) is 0 Å². The van der Waals surface area contributed by atoms with E-state index in [9.17, 15) is 10.1 Å². The molecule has 1 fully saturated rings. The molecule has 0 N–H and O–H groups in total. The highest BCUT2D eigenvalue weighted by Crippen LogP contribution is 2.40. The monoisotopic (exact) mass is 181 g/mol. The van der Waals surface area contributed by atoms with Gasteiger partial charge in [0.05, 0.1) is 23.4 Å². The van der Waals surface area contributed by atoms with Gasteiger partial charge in [-0.25, -0.2) is 0 Å². The molecule has 1 aromatic heterocycles. The number of hydrogen-bond donors (Lipinski definition) is 0. The molecule has 0 saturated heterocycles. The first-order valence-corrected chi connectivity index (χ1v) is 4.44. The second-order valence-corrected chi connectivity index (χ2v) is 3.27. The Kier molecular flexibility index (Phi) is 1.79. The molecule has 2 rings (SSSR count). The normalized spacial score (nSPS) is 16.1. The van der Waals surface area contributed by atoms with Gasteiger partial charge in [0, 0.05) is 5.92 Å². The van der Waals surface area contributed by atoms with Crippen LogP contribution in [0, 0.1) is 10.1 Å². The van der Waals surface area contributed by atoms with Crippen molar-refractivity contribution in [3.05, 3.63) is 21.9 Å². The van der Waals surface area contributed by atoms with E-state index in [0.29, 0.717) is 12.5 Å². The third kappa shape index (κ3) is 1.41. The van der Waals surface area contributed by atoms with E-state index in [1.165, 1.54) is 0 Å². The minimum absolute atomic E-state index is 0.0243. The fourth-order valence-electron chi connectivity index (χ4n) is 1.47. The van der Waals surface area contributed by atoms with Crippen LogP contribution in [0.2, 0.25) is 0 Å². The van der Waals surface area contributed by atoms with E-state index >= 15 is 0 Å². The Hall–Kier alpha value is -1.39. The fourth-order valence-corrected chi connectivity index (χ4v) is 1.47. The van der Waals surface area contributed by atoms with E-state index in [1.807, 2.05) is 6.92 Å². The maximum atomic E-state index is 10.5. The second-order valence-electron chi connectivity index (χ2n) is 3.27. The summed E-state index contributed by atoms with van der Waals surface area (Å²) in [6, 6.07) is 1.60. The van der Waals surface area contributed by atoms with Crippen molar-refractivity contribution in [3.63, 3.8) is 0 Å². The van der Waals surface area contributed by atoms with Gasteiger partial charge in [0.15, 0.2) is 0 Å². The Labute approximate surface area is 75.5 Å². The lowest BCUT2D eigenvalue weighted by Crippen LogP contribution is -2.01. The minimum Gasteiger partial charge on any atom is -0.358 e. The van der Waals surface area contributed by atoms with Gasteiger partial charge in [-0.2, -0.15) is 4.68 Å². The van der Waals surface area contributed by atoms with E-state index in [1.54, 1.807) is 10.7 Å². The third-order valence-electron chi connectivity index (χ3n) is 2.28. The summed E-state index contributed by atoms with van der Waals surface area (Å²) in [6.07, 6.45) is 2.28. The molecule has 1 aliphatic carbocycles. The first kappa shape index (κ1) is 8.22. The molecule has 13 heavy (non-hydrogen) atoms. The molecule has 5 nitrogen and oxygen atoms in total.